The van der Waals surface area contributed by atoms with Crippen LogP contribution in [0.3, 0.4) is 0 Å². The molecule has 0 spiro atoms. The van der Waals surface area contributed by atoms with Crippen LogP contribution in [0, 0.1) is 10.1 Å². The molecule has 0 fully saturated rings. The van der Waals surface area contributed by atoms with Gasteiger partial charge in [-0.05, 0) is 30.0 Å². The summed E-state index contributed by atoms with van der Waals surface area (Å²) in [5, 5.41) is 14.0. The maximum atomic E-state index is 12.6. The highest BCUT2D eigenvalue weighted by Crippen LogP contribution is 2.34. The molecule has 1 N–H and O–H groups in total. The largest absolute Gasteiger partial charge is 0.493 e. The Hall–Kier alpha value is -3.09. The molecule has 0 aliphatic carbocycles. The number of hydrogen-bond acceptors (Lipinski definition) is 5. The van der Waals surface area contributed by atoms with Crippen LogP contribution in [0.2, 0.25) is 0 Å². The van der Waals surface area contributed by atoms with Gasteiger partial charge in [0, 0.05) is 11.8 Å². The van der Waals surface area contributed by atoms with Crippen molar-refractivity contribution in [2.24, 2.45) is 0 Å². The van der Waals surface area contributed by atoms with E-state index >= 15 is 0 Å². The van der Waals surface area contributed by atoms with Gasteiger partial charge in [0.1, 0.15) is 5.56 Å². The summed E-state index contributed by atoms with van der Waals surface area (Å²) in [6.45, 7) is 4.23. The number of nitro groups is 1. The molecule has 0 saturated carbocycles. The van der Waals surface area contributed by atoms with E-state index in [0.717, 1.165) is 6.42 Å². The van der Waals surface area contributed by atoms with Crippen molar-refractivity contribution in [2.75, 3.05) is 19.5 Å². The Balaban J connectivity index is 2.32. The smallest absolute Gasteiger partial charge is 0.286 e. The predicted molar refractivity (Wildman–Crippen MR) is 99.3 cm³/mol. The molecule has 26 heavy (non-hydrogen) atoms. The Morgan fingerprint density at radius 1 is 1.15 bits per heavy atom. The lowest BCUT2D eigenvalue weighted by Gasteiger charge is -2.12. The quantitative estimate of drug-likeness (QED) is 0.586. The molecule has 138 valence electrons. The Labute approximate surface area is 152 Å². The number of ether oxygens (including phenoxy) is 2. The van der Waals surface area contributed by atoms with Crippen molar-refractivity contribution in [3.63, 3.8) is 0 Å². The topological polar surface area (TPSA) is 90.7 Å². The van der Waals surface area contributed by atoms with Crippen LogP contribution in [0.1, 0.15) is 42.1 Å². The Morgan fingerprint density at radius 3 is 2.23 bits per heavy atom. The van der Waals surface area contributed by atoms with Gasteiger partial charge < -0.3 is 14.8 Å². The zero-order valence-corrected chi connectivity index (χ0v) is 15.2. The highest BCUT2D eigenvalue weighted by atomic mass is 16.6. The van der Waals surface area contributed by atoms with E-state index in [2.05, 4.69) is 19.2 Å². The van der Waals surface area contributed by atoms with Gasteiger partial charge >= 0.3 is 0 Å². The first-order valence-corrected chi connectivity index (χ1v) is 8.23. The van der Waals surface area contributed by atoms with Crippen molar-refractivity contribution in [1.29, 1.82) is 0 Å². The molecular formula is C19H22N2O5. The zero-order valence-electron chi connectivity index (χ0n) is 15.2. The molecule has 1 amide bonds. The number of hydrogen-bond donors (Lipinski definition) is 1. The molecule has 0 unspecified atom stereocenters. The van der Waals surface area contributed by atoms with E-state index in [-0.39, 0.29) is 22.7 Å². The number of nitrogens with one attached hydrogen (secondary N) is 1. The van der Waals surface area contributed by atoms with Gasteiger partial charge in [-0.3, -0.25) is 14.9 Å². The van der Waals surface area contributed by atoms with E-state index in [1.165, 1.54) is 31.9 Å². The van der Waals surface area contributed by atoms with Crippen LogP contribution < -0.4 is 14.8 Å². The van der Waals surface area contributed by atoms with Gasteiger partial charge in [0.15, 0.2) is 11.5 Å². The Bertz CT molecular complexity index is 802. The summed E-state index contributed by atoms with van der Waals surface area (Å²) in [5.41, 5.74) is 1.28. The van der Waals surface area contributed by atoms with Crippen LogP contribution in [0.5, 0.6) is 11.5 Å². The SMILES string of the molecule is CC[C@H](C)c1ccc(NC(=O)c2cc(OC)c(OC)cc2[N+](=O)[O-])cc1. The van der Waals surface area contributed by atoms with Gasteiger partial charge in [0.2, 0.25) is 0 Å². The number of rotatable bonds is 7. The van der Waals surface area contributed by atoms with E-state index in [1.807, 2.05) is 12.1 Å². The molecule has 0 aliphatic heterocycles. The molecule has 2 rings (SSSR count). The molecule has 7 nitrogen and oxygen atoms in total. The van der Waals surface area contributed by atoms with Gasteiger partial charge in [0.05, 0.1) is 25.2 Å². The van der Waals surface area contributed by atoms with Gasteiger partial charge in [0.25, 0.3) is 11.6 Å². The van der Waals surface area contributed by atoms with E-state index < -0.39 is 10.8 Å². The molecule has 0 radical (unpaired) electrons. The third kappa shape index (κ3) is 4.11. The highest BCUT2D eigenvalue weighted by molar-refractivity contribution is 6.07. The number of amides is 1. The maximum Gasteiger partial charge on any atom is 0.286 e. The lowest BCUT2D eigenvalue weighted by atomic mass is 9.98. The summed E-state index contributed by atoms with van der Waals surface area (Å²) in [4.78, 5) is 23.3. The summed E-state index contributed by atoms with van der Waals surface area (Å²) < 4.78 is 10.2. The Kier molecular flexibility index (Phi) is 6.16. The maximum absolute atomic E-state index is 12.6. The lowest BCUT2D eigenvalue weighted by Crippen LogP contribution is -2.14. The summed E-state index contributed by atoms with van der Waals surface area (Å²) >= 11 is 0. The van der Waals surface area contributed by atoms with Gasteiger partial charge in [-0.15, -0.1) is 0 Å². The van der Waals surface area contributed by atoms with E-state index in [1.54, 1.807) is 12.1 Å². The molecule has 0 aromatic heterocycles. The van der Waals surface area contributed by atoms with Crippen molar-refractivity contribution in [3.8, 4) is 11.5 Å². The summed E-state index contributed by atoms with van der Waals surface area (Å²) in [6, 6.07) is 9.93. The third-order valence-corrected chi connectivity index (χ3v) is 4.29. The molecule has 0 bridgehead atoms. The molecule has 7 heteroatoms. The molecule has 0 heterocycles. The van der Waals surface area contributed by atoms with Crippen LogP contribution >= 0.6 is 0 Å². The van der Waals surface area contributed by atoms with Gasteiger partial charge in [-0.2, -0.15) is 0 Å². The van der Waals surface area contributed by atoms with E-state index in [0.29, 0.717) is 11.6 Å². The zero-order chi connectivity index (χ0) is 19.3. The number of carbonyl (C=O) groups excluding carboxylic acids is 1. The average Bonchev–Trinajstić information content (AvgIpc) is 2.66. The van der Waals surface area contributed by atoms with Crippen LogP contribution in [0.4, 0.5) is 11.4 Å². The molecule has 0 aliphatic rings. The average molecular weight is 358 g/mol. The minimum atomic E-state index is -0.622. The van der Waals surface area contributed by atoms with Crippen LogP contribution in [0.25, 0.3) is 0 Å². The summed E-state index contributed by atoms with van der Waals surface area (Å²) in [6.07, 6.45) is 1.02. The normalized spacial score (nSPS) is 11.5. The second kappa shape index (κ2) is 8.33. The fourth-order valence-electron chi connectivity index (χ4n) is 2.53. The van der Waals surface area contributed by atoms with Crippen molar-refractivity contribution in [3.05, 3.63) is 57.6 Å². The first kappa shape index (κ1) is 19.2. The molecule has 2 aromatic carbocycles. The first-order chi connectivity index (χ1) is 12.4. The number of carbonyl (C=O) groups is 1. The van der Waals surface area contributed by atoms with Crippen molar-refractivity contribution >= 4 is 17.3 Å². The van der Waals surface area contributed by atoms with Crippen LogP contribution in [-0.4, -0.2) is 25.1 Å². The standard InChI is InChI=1S/C19H22N2O5/c1-5-12(2)13-6-8-14(9-7-13)20-19(22)15-10-17(25-3)18(26-4)11-16(15)21(23)24/h6-12H,5H2,1-4H3,(H,20,22)/t12-/m0/s1. The fourth-order valence-corrected chi connectivity index (χ4v) is 2.53. The molecule has 0 saturated heterocycles. The third-order valence-electron chi connectivity index (χ3n) is 4.29. The monoisotopic (exact) mass is 358 g/mol. The number of benzene rings is 2. The number of nitrogens with zero attached hydrogens (tertiary/aromatic N) is 1. The molecular weight excluding hydrogens is 336 g/mol. The highest BCUT2D eigenvalue weighted by Gasteiger charge is 2.24. The fraction of sp³-hybridized carbons (Fsp3) is 0.316. The minimum absolute atomic E-state index is 0.0985. The van der Waals surface area contributed by atoms with E-state index in [4.69, 9.17) is 9.47 Å². The van der Waals surface area contributed by atoms with Gasteiger partial charge in [-0.1, -0.05) is 26.0 Å². The van der Waals surface area contributed by atoms with Crippen molar-refractivity contribution in [2.45, 2.75) is 26.2 Å². The van der Waals surface area contributed by atoms with Crippen LogP contribution in [-0.2, 0) is 0 Å². The Morgan fingerprint density at radius 2 is 1.73 bits per heavy atom. The second-order valence-electron chi connectivity index (χ2n) is 5.87. The summed E-state index contributed by atoms with van der Waals surface area (Å²) in [5.74, 6) is 0.268. The molecule has 1 atom stereocenters. The van der Waals surface area contributed by atoms with Crippen molar-refractivity contribution < 1.29 is 19.2 Å². The van der Waals surface area contributed by atoms with Gasteiger partial charge in [-0.25, -0.2) is 0 Å². The van der Waals surface area contributed by atoms with Crippen molar-refractivity contribution in [1.82, 2.24) is 0 Å². The number of methoxy groups -OCH3 is 2. The number of anilines is 1. The second-order valence-corrected chi connectivity index (χ2v) is 5.87. The minimum Gasteiger partial charge on any atom is -0.493 e. The number of nitro benzene ring substituents is 1. The lowest BCUT2D eigenvalue weighted by molar-refractivity contribution is -0.385. The first-order valence-electron chi connectivity index (χ1n) is 8.23. The van der Waals surface area contributed by atoms with Crippen LogP contribution in [0.15, 0.2) is 36.4 Å². The summed E-state index contributed by atoms with van der Waals surface area (Å²) in [7, 11) is 2.78. The molecule has 2 aromatic rings. The predicted octanol–water partition coefficient (Wildman–Crippen LogP) is 4.38. The van der Waals surface area contributed by atoms with E-state index in [9.17, 15) is 14.9 Å².